The van der Waals surface area contributed by atoms with Gasteiger partial charge in [0, 0.05) is 57.3 Å². The van der Waals surface area contributed by atoms with Crippen molar-refractivity contribution in [3.63, 3.8) is 0 Å². The van der Waals surface area contributed by atoms with Crippen LogP contribution in [-0.2, 0) is 0 Å². The Morgan fingerprint density at radius 3 is 1.67 bits per heavy atom. The van der Waals surface area contributed by atoms with Gasteiger partial charge in [-0.05, 0) is 93.2 Å². The van der Waals surface area contributed by atoms with E-state index >= 15 is 0 Å². The van der Waals surface area contributed by atoms with E-state index in [0.29, 0.717) is 0 Å². The Balaban J connectivity index is 1.13. The normalized spacial score (nSPS) is 11.6. The molecule has 0 fully saturated rings. The van der Waals surface area contributed by atoms with E-state index in [1.165, 1.54) is 84.5 Å². The molecule has 2 aromatic heterocycles. The Morgan fingerprint density at radius 1 is 0.309 bits per heavy atom. The van der Waals surface area contributed by atoms with E-state index in [1.54, 1.807) is 0 Å². The molecular formula is C52H33NS2. The van der Waals surface area contributed by atoms with Crippen molar-refractivity contribution in [1.82, 2.24) is 0 Å². The van der Waals surface area contributed by atoms with Crippen LogP contribution in [0.2, 0.25) is 0 Å². The molecule has 0 bridgehead atoms. The molecule has 11 aromatic rings. The number of nitrogens with zero attached hydrogens (tertiary/aromatic N) is 1. The number of benzene rings is 9. The predicted octanol–water partition coefficient (Wildman–Crippen LogP) is 16.0. The minimum Gasteiger partial charge on any atom is -0.310 e. The largest absolute Gasteiger partial charge is 0.310 e. The first-order valence-electron chi connectivity index (χ1n) is 18.7. The van der Waals surface area contributed by atoms with Gasteiger partial charge in [0.05, 0.1) is 5.69 Å². The lowest BCUT2D eigenvalue weighted by atomic mass is 9.96. The van der Waals surface area contributed by atoms with Crippen molar-refractivity contribution in [1.29, 1.82) is 0 Å². The molecule has 0 spiro atoms. The standard InChI is InChI=1S/C52H33NS2/c1-2-19-40-34(13-1)14-11-23-41(40)35-15-9-17-38(31-35)53(39-18-10-16-36(32-39)43-24-12-28-50-52(43)46-22-5-8-27-49(46)54-50)47-25-6-3-20-42(47)37-29-30-45-44-21-4-7-26-48(44)55-51(45)33-37/h1-33H. The van der Waals surface area contributed by atoms with Gasteiger partial charge in [0.1, 0.15) is 0 Å². The van der Waals surface area contributed by atoms with Gasteiger partial charge in [-0.2, -0.15) is 0 Å². The van der Waals surface area contributed by atoms with Gasteiger partial charge in [-0.15, -0.1) is 22.7 Å². The monoisotopic (exact) mass is 735 g/mol. The molecule has 0 aliphatic heterocycles. The van der Waals surface area contributed by atoms with Crippen LogP contribution in [0, 0.1) is 0 Å². The van der Waals surface area contributed by atoms with Crippen LogP contribution in [0.15, 0.2) is 200 Å². The molecule has 0 aliphatic rings. The topological polar surface area (TPSA) is 3.24 Å². The smallest absolute Gasteiger partial charge is 0.0540 e. The number of fused-ring (bicyclic) bond motifs is 7. The second-order valence-electron chi connectivity index (χ2n) is 14.1. The highest BCUT2D eigenvalue weighted by Crippen LogP contribution is 2.46. The fraction of sp³-hybridized carbons (Fsp3) is 0. The van der Waals surface area contributed by atoms with E-state index in [2.05, 4.69) is 205 Å². The van der Waals surface area contributed by atoms with Crippen LogP contribution in [0.25, 0.3) is 84.5 Å². The summed E-state index contributed by atoms with van der Waals surface area (Å²) in [5.74, 6) is 0. The Kier molecular flexibility index (Phi) is 7.61. The summed E-state index contributed by atoms with van der Waals surface area (Å²) in [6, 6.07) is 73.5. The molecule has 9 aromatic carbocycles. The quantitative estimate of drug-likeness (QED) is 0.164. The van der Waals surface area contributed by atoms with Crippen molar-refractivity contribution >= 4 is 90.9 Å². The van der Waals surface area contributed by atoms with Crippen molar-refractivity contribution in [3.05, 3.63) is 200 Å². The Labute approximate surface area is 327 Å². The Morgan fingerprint density at radius 2 is 0.836 bits per heavy atom. The summed E-state index contributed by atoms with van der Waals surface area (Å²) in [4.78, 5) is 2.45. The number of hydrogen-bond acceptors (Lipinski definition) is 3. The zero-order valence-corrected chi connectivity index (χ0v) is 31.4. The van der Waals surface area contributed by atoms with Crippen molar-refractivity contribution < 1.29 is 0 Å². The van der Waals surface area contributed by atoms with Gasteiger partial charge >= 0.3 is 0 Å². The third-order valence-corrected chi connectivity index (χ3v) is 13.1. The minimum atomic E-state index is 1.11. The van der Waals surface area contributed by atoms with Gasteiger partial charge in [-0.3, -0.25) is 0 Å². The molecule has 11 rings (SSSR count). The second-order valence-corrected chi connectivity index (χ2v) is 16.2. The van der Waals surface area contributed by atoms with Gasteiger partial charge < -0.3 is 4.90 Å². The molecule has 3 heteroatoms. The van der Waals surface area contributed by atoms with Crippen LogP contribution in [0.5, 0.6) is 0 Å². The second kappa shape index (κ2) is 13.1. The highest BCUT2D eigenvalue weighted by Gasteiger charge is 2.20. The van der Waals surface area contributed by atoms with Crippen LogP contribution < -0.4 is 4.90 Å². The van der Waals surface area contributed by atoms with Gasteiger partial charge in [0.15, 0.2) is 0 Å². The molecule has 0 atom stereocenters. The molecule has 2 heterocycles. The maximum absolute atomic E-state index is 2.45. The fourth-order valence-corrected chi connectivity index (χ4v) is 10.6. The molecule has 0 amide bonds. The van der Waals surface area contributed by atoms with E-state index in [1.807, 2.05) is 22.7 Å². The Hall–Kier alpha value is -6.52. The number of rotatable bonds is 6. The van der Waals surface area contributed by atoms with E-state index < -0.39 is 0 Å². The number of para-hydroxylation sites is 1. The van der Waals surface area contributed by atoms with Crippen molar-refractivity contribution in [2.45, 2.75) is 0 Å². The summed E-state index contributed by atoms with van der Waals surface area (Å²) >= 11 is 3.73. The maximum Gasteiger partial charge on any atom is 0.0540 e. The van der Waals surface area contributed by atoms with E-state index in [4.69, 9.17) is 0 Å². The third kappa shape index (κ3) is 5.43. The van der Waals surface area contributed by atoms with Gasteiger partial charge in [-0.25, -0.2) is 0 Å². The molecule has 0 saturated carbocycles. The van der Waals surface area contributed by atoms with Crippen molar-refractivity contribution in [3.8, 4) is 33.4 Å². The van der Waals surface area contributed by atoms with Gasteiger partial charge in [-0.1, -0.05) is 146 Å². The third-order valence-electron chi connectivity index (χ3n) is 10.9. The molecule has 0 saturated heterocycles. The lowest BCUT2D eigenvalue weighted by Gasteiger charge is -2.29. The fourth-order valence-electron chi connectivity index (χ4n) is 8.35. The minimum absolute atomic E-state index is 1.11. The van der Waals surface area contributed by atoms with Gasteiger partial charge in [0.25, 0.3) is 0 Å². The lowest BCUT2D eigenvalue weighted by molar-refractivity contribution is 1.28. The summed E-state index contributed by atoms with van der Waals surface area (Å²) < 4.78 is 5.25. The van der Waals surface area contributed by atoms with Crippen LogP contribution in [0.1, 0.15) is 0 Å². The molecule has 55 heavy (non-hydrogen) atoms. The number of thiophene rings is 2. The van der Waals surface area contributed by atoms with Crippen molar-refractivity contribution in [2.75, 3.05) is 4.90 Å². The molecule has 0 aliphatic carbocycles. The van der Waals surface area contributed by atoms with Crippen molar-refractivity contribution in [2.24, 2.45) is 0 Å². The summed E-state index contributed by atoms with van der Waals surface area (Å²) in [6.45, 7) is 0. The molecule has 1 nitrogen and oxygen atoms in total. The first-order chi connectivity index (χ1) is 27.3. The first kappa shape index (κ1) is 32.0. The summed E-state index contributed by atoms with van der Waals surface area (Å²) in [5.41, 5.74) is 10.6. The Bertz CT molecular complexity index is 3230. The highest BCUT2D eigenvalue weighted by atomic mass is 32.1. The summed E-state index contributed by atoms with van der Waals surface area (Å²) in [5, 5.41) is 7.76. The van der Waals surface area contributed by atoms with E-state index in [-0.39, 0.29) is 0 Å². The molecule has 258 valence electrons. The predicted molar refractivity (Wildman–Crippen MR) is 241 cm³/mol. The van der Waals surface area contributed by atoms with E-state index in [9.17, 15) is 0 Å². The highest BCUT2D eigenvalue weighted by molar-refractivity contribution is 7.26. The number of hydrogen-bond donors (Lipinski definition) is 0. The van der Waals surface area contributed by atoms with Gasteiger partial charge in [0.2, 0.25) is 0 Å². The molecular weight excluding hydrogens is 703 g/mol. The average Bonchev–Trinajstić information content (AvgIpc) is 3.82. The molecule has 0 radical (unpaired) electrons. The van der Waals surface area contributed by atoms with Crippen LogP contribution in [0.4, 0.5) is 17.1 Å². The SMILES string of the molecule is c1cc(-c2cccc3ccccc23)cc(N(c2cccc(-c3cccc4sc5ccccc5c34)c2)c2ccccc2-c2ccc3c(c2)sc2ccccc23)c1. The number of anilines is 3. The summed E-state index contributed by atoms with van der Waals surface area (Å²) in [7, 11) is 0. The zero-order valence-electron chi connectivity index (χ0n) is 29.8. The average molecular weight is 736 g/mol. The molecule has 0 N–H and O–H groups in total. The lowest BCUT2D eigenvalue weighted by Crippen LogP contribution is -2.11. The maximum atomic E-state index is 2.45. The zero-order chi connectivity index (χ0) is 36.3. The van der Waals surface area contributed by atoms with Crippen LogP contribution in [0.3, 0.4) is 0 Å². The summed E-state index contributed by atoms with van der Waals surface area (Å²) in [6.07, 6.45) is 0. The van der Waals surface area contributed by atoms with Crippen LogP contribution in [-0.4, -0.2) is 0 Å². The van der Waals surface area contributed by atoms with E-state index in [0.717, 1.165) is 17.1 Å². The molecule has 0 unspecified atom stereocenters. The first-order valence-corrected chi connectivity index (χ1v) is 20.3. The van der Waals surface area contributed by atoms with Crippen LogP contribution >= 0.6 is 22.7 Å².